The summed E-state index contributed by atoms with van der Waals surface area (Å²) in [6, 6.07) is 7.80. The summed E-state index contributed by atoms with van der Waals surface area (Å²) in [5.74, 6) is 2.35. The lowest BCUT2D eigenvalue weighted by molar-refractivity contribution is -0.127. The number of hydrogen-bond donors (Lipinski definition) is 2. The van der Waals surface area contributed by atoms with Gasteiger partial charge < -0.3 is 15.2 Å². The van der Waals surface area contributed by atoms with Gasteiger partial charge in [0, 0.05) is 36.8 Å². The third-order valence-electron chi connectivity index (χ3n) is 5.08. The van der Waals surface area contributed by atoms with Crippen LogP contribution in [0.25, 0.3) is 6.08 Å². The summed E-state index contributed by atoms with van der Waals surface area (Å²) in [6.45, 7) is 5.24. The molecule has 3 aromatic rings. The van der Waals surface area contributed by atoms with Crippen LogP contribution in [0, 0.1) is 13.8 Å². The number of aromatic amines is 1. The Balaban J connectivity index is 1.47. The minimum absolute atomic E-state index is 0.00221. The predicted molar refractivity (Wildman–Crippen MR) is 115 cm³/mol. The Kier molecular flexibility index (Phi) is 5.83. The maximum atomic E-state index is 12.6. The van der Waals surface area contributed by atoms with Crippen LogP contribution in [0.4, 0.5) is 11.6 Å². The van der Waals surface area contributed by atoms with Crippen LogP contribution < -0.4 is 5.32 Å². The smallest absolute Gasteiger partial charge is 0.246 e. The third-order valence-corrected chi connectivity index (χ3v) is 5.08. The van der Waals surface area contributed by atoms with Gasteiger partial charge in [-0.05, 0) is 44.9 Å². The van der Waals surface area contributed by atoms with E-state index in [0.717, 1.165) is 48.1 Å². The molecule has 1 unspecified atom stereocenters. The molecule has 2 N–H and O–H groups in total. The van der Waals surface area contributed by atoms with Crippen LogP contribution >= 0.6 is 0 Å². The number of pyridine rings is 1. The van der Waals surface area contributed by atoms with Crippen LogP contribution in [0.2, 0.25) is 0 Å². The summed E-state index contributed by atoms with van der Waals surface area (Å²) in [5.41, 5.74) is 2.70. The molecule has 3 aromatic heterocycles. The number of rotatable bonds is 5. The monoisotopic (exact) mass is 403 g/mol. The summed E-state index contributed by atoms with van der Waals surface area (Å²) in [4.78, 5) is 35.1. The van der Waals surface area contributed by atoms with Crippen molar-refractivity contribution in [3.63, 3.8) is 0 Å². The van der Waals surface area contributed by atoms with Crippen LogP contribution in [0.15, 0.2) is 42.9 Å². The van der Waals surface area contributed by atoms with Gasteiger partial charge in [-0.15, -0.1) is 0 Å². The summed E-state index contributed by atoms with van der Waals surface area (Å²) in [7, 11) is 0. The lowest BCUT2D eigenvalue weighted by Gasteiger charge is -2.32. The lowest BCUT2D eigenvalue weighted by atomic mass is 9.94. The lowest BCUT2D eigenvalue weighted by Crippen LogP contribution is -2.38. The highest BCUT2D eigenvalue weighted by Gasteiger charge is 2.25. The molecule has 0 bridgehead atoms. The molecule has 0 aromatic carbocycles. The van der Waals surface area contributed by atoms with Gasteiger partial charge in [-0.1, -0.05) is 6.07 Å². The van der Waals surface area contributed by atoms with Gasteiger partial charge in [0.05, 0.1) is 23.9 Å². The molecule has 1 fully saturated rings. The van der Waals surface area contributed by atoms with Crippen molar-refractivity contribution in [3.8, 4) is 0 Å². The maximum Gasteiger partial charge on any atom is 0.246 e. The second-order valence-corrected chi connectivity index (χ2v) is 7.48. The molecule has 4 rings (SSSR count). The number of anilines is 2. The normalized spacial score (nSPS) is 16.7. The maximum absolute atomic E-state index is 12.6. The number of aryl methyl sites for hydroxylation is 2. The van der Waals surface area contributed by atoms with Crippen LogP contribution in [0.1, 0.15) is 41.7 Å². The zero-order valence-electron chi connectivity index (χ0n) is 17.2. The zero-order chi connectivity index (χ0) is 20.9. The van der Waals surface area contributed by atoms with Gasteiger partial charge in [0.25, 0.3) is 0 Å². The summed E-state index contributed by atoms with van der Waals surface area (Å²) >= 11 is 0. The molecule has 4 heterocycles. The molecular formula is C22H25N7O. The van der Waals surface area contributed by atoms with E-state index in [4.69, 9.17) is 0 Å². The third kappa shape index (κ3) is 4.89. The average Bonchev–Trinajstić information content (AvgIpc) is 3.25. The van der Waals surface area contributed by atoms with Gasteiger partial charge in [0.15, 0.2) is 0 Å². The van der Waals surface area contributed by atoms with Crippen molar-refractivity contribution >= 4 is 23.6 Å². The van der Waals surface area contributed by atoms with E-state index in [1.54, 1.807) is 24.7 Å². The zero-order valence-corrected chi connectivity index (χ0v) is 17.2. The minimum Gasteiger partial charge on any atom is -0.345 e. The first-order valence-corrected chi connectivity index (χ1v) is 10.1. The van der Waals surface area contributed by atoms with Crippen molar-refractivity contribution in [2.75, 3.05) is 18.4 Å². The first-order chi connectivity index (χ1) is 14.6. The molecule has 1 aliphatic heterocycles. The molecule has 1 aliphatic rings. The van der Waals surface area contributed by atoms with Gasteiger partial charge in [-0.2, -0.15) is 0 Å². The molecule has 8 nitrogen and oxygen atoms in total. The largest absolute Gasteiger partial charge is 0.345 e. The minimum atomic E-state index is 0.00221. The number of likely N-dealkylation sites (tertiary alicyclic amines) is 1. The number of nitrogens with one attached hydrogen (secondary N) is 2. The Morgan fingerprint density at radius 1 is 1.23 bits per heavy atom. The van der Waals surface area contributed by atoms with Crippen molar-refractivity contribution in [2.45, 2.75) is 32.6 Å². The number of carbonyl (C=O) groups excluding carboxylic acids is 1. The highest BCUT2D eigenvalue weighted by Crippen LogP contribution is 2.27. The Morgan fingerprint density at radius 2 is 2.13 bits per heavy atom. The first-order valence-electron chi connectivity index (χ1n) is 10.1. The molecule has 1 saturated heterocycles. The predicted octanol–water partition coefficient (Wildman–Crippen LogP) is 3.37. The number of carbonyl (C=O) groups is 1. The SMILES string of the molecule is Cc1cccc(Nc2cc(C3CCCN(C(=O)C=Cc4cnc[nH]4)C3)nc(C)n2)n1. The molecule has 0 spiro atoms. The second-order valence-electron chi connectivity index (χ2n) is 7.48. The van der Waals surface area contributed by atoms with E-state index in [1.807, 2.05) is 43.0 Å². The number of amides is 1. The first kappa shape index (κ1) is 19.8. The van der Waals surface area contributed by atoms with Crippen LogP contribution in [-0.2, 0) is 4.79 Å². The molecule has 0 radical (unpaired) electrons. The number of aromatic nitrogens is 5. The Hall–Kier alpha value is -3.55. The van der Waals surface area contributed by atoms with Crippen molar-refractivity contribution < 1.29 is 4.79 Å². The summed E-state index contributed by atoms with van der Waals surface area (Å²) in [6.07, 6.45) is 8.56. The fraction of sp³-hybridized carbons (Fsp3) is 0.318. The Labute approximate surface area is 175 Å². The fourth-order valence-electron chi connectivity index (χ4n) is 3.65. The van der Waals surface area contributed by atoms with Crippen molar-refractivity contribution in [1.29, 1.82) is 0 Å². The van der Waals surface area contributed by atoms with E-state index >= 15 is 0 Å². The topological polar surface area (TPSA) is 99.7 Å². The van der Waals surface area contributed by atoms with E-state index in [2.05, 4.69) is 30.2 Å². The molecule has 0 saturated carbocycles. The summed E-state index contributed by atoms with van der Waals surface area (Å²) in [5, 5.41) is 3.27. The van der Waals surface area contributed by atoms with E-state index in [0.29, 0.717) is 12.4 Å². The van der Waals surface area contributed by atoms with Gasteiger partial charge >= 0.3 is 0 Å². The Morgan fingerprint density at radius 3 is 2.93 bits per heavy atom. The highest BCUT2D eigenvalue weighted by molar-refractivity contribution is 5.91. The summed E-state index contributed by atoms with van der Waals surface area (Å²) < 4.78 is 0. The number of hydrogen-bond acceptors (Lipinski definition) is 6. The number of piperidine rings is 1. The van der Waals surface area contributed by atoms with Gasteiger partial charge in [0.1, 0.15) is 17.5 Å². The number of nitrogens with zero attached hydrogens (tertiary/aromatic N) is 5. The average molecular weight is 403 g/mol. The fourth-order valence-corrected chi connectivity index (χ4v) is 3.65. The van der Waals surface area contributed by atoms with Gasteiger partial charge in [0.2, 0.25) is 5.91 Å². The van der Waals surface area contributed by atoms with Crippen LogP contribution in [0.3, 0.4) is 0 Å². The van der Waals surface area contributed by atoms with E-state index in [9.17, 15) is 4.79 Å². The van der Waals surface area contributed by atoms with E-state index in [-0.39, 0.29) is 11.8 Å². The van der Waals surface area contributed by atoms with Crippen molar-refractivity contribution in [3.05, 3.63) is 65.8 Å². The molecule has 154 valence electrons. The highest BCUT2D eigenvalue weighted by atomic mass is 16.2. The number of imidazole rings is 1. The second kappa shape index (κ2) is 8.86. The van der Waals surface area contributed by atoms with Crippen LogP contribution in [0.5, 0.6) is 0 Å². The van der Waals surface area contributed by atoms with Gasteiger partial charge in [-0.25, -0.2) is 19.9 Å². The molecule has 0 aliphatic carbocycles. The standard InChI is InChI=1S/C22H25N7O/c1-15-5-3-7-20(25-15)28-21-11-19(26-16(2)27-21)17-6-4-10-29(13-17)22(30)9-8-18-12-23-14-24-18/h3,5,7-9,11-12,14,17H,4,6,10,13H2,1-2H3,(H,23,24)(H,25,26,27,28). The van der Waals surface area contributed by atoms with E-state index in [1.165, 1.54) is 0 Å². The van der Waals surface area contributed by atoms with Gasteiger partial charge in [-0.3, -0.25) is 4.79 Å². The van der Waals surface area contributed by atoms with E-state index < -0.39 is 0 Å². The molecule has 1 amide bonds. The molecular weight excluding hydrogens is 378 g/mol. The molecule has 1 atom stereocenters. The Bertz CT molecular complexity index is 1050. The number of H-pyrrole nitrogens is 1. The van der Waals surface area contributed by atoms with Crippen molar-refractivity contribution in [1.82, 2.24) is 29.8 Å². The molecule has 8 heteroatoms. The van der Waals surface area contributed by atoms with Crippen molar-refractivity contribution in [2.24, 2.45) is 0 Å². The van der Waals surface area contributed by atoms with Crippen LogP contribution in [-0.4, -0.2) is 48.8 Å². The quantitative estimate of drug-likeness (QED) is 0.634. The molecule has 30 heavy (non-hydrogen) atoms.